The van der Waals surface area contributed by atoms with Gasteiger partial charge in [0.15, 0.2) is 5.69 Å². The normalized spacial score (nSPS) is 16.8. The summed E-state index contributed by atoms with van der Waals surface area (Å²) in [5, 5.41) is 8.88. The largest absolute Gasteiger partial charge is 0.476 e. The first-order valence-electron chi connectivity index (χ1n) is 6.00. The first-order valence-corrected chi connectivity index (χ1v) is 6.00. The number of hydrogen-bond acceptors (Lipinski definition) is 5. The lowest BCUT2D eigenvalue weighted by Gasteiger charge is -2.32. The summed E-state index contributed by atoms with van der Waals surface area (Å²) in [7, 11) is 1.72. The minimum Gasteiger partial charge on any atom is -0.476 e. The number of carbonyl (C=O) groups is 1. The molecule has 0 radical (unpaired) electrons. The highest BCUT2D eigenvalue weighted by molar-refractivity contribution is 5.85. The predicted molar refractivity (Wildman–Crippen MR) is 65.8 cm³/mol. The molecule has 6 nitrogen and oxygen atoms in total. The Labute approximate surface area is 106 Å². The molecule has 6 heteroatoms. The van der Waals surface area contributed by atoms with Crippen molar-refractivity contribution in [2.45, 2.75) is 12.8 Å². The van der Waals surface area contributed by atoms with E-state index in [0.29, 0.717) is 11.7 Å². The van der Waals surface area contributed by atoms with Crippen molar-refractivity contribution in [2.75, 3.05) is 31.7 Å². The molecule has 0 amide bonds. The van der Waals surface area contributed by atoms with Crippen molar-refractivity contribution in [1.29, 1.82) is 0 Å². The number of ether oxygens (including phenoxy) is 1. The molecule has 1 aliphatic rings. The van der Waals surface area contributed by atoms with Gasteiger partial charge in [0.2, 0.25) is 0 Å². The van der Waals surface area contributed by atoms with Gasteiger partial charge in [-0.05, 0) is 18.8 Å². The van der Waals surface area contributed by atoms with Crippen LogP contribution >= 0.6 is 0 Å². The highest BCUT2D eigenvalue weighted by Crippen LogP contribution is 2.21. The fourth-order valence-electron chi connectivity index (χ4n) is 2.18. The number of hydrogen-bond donors (Lipinski definition) is 1. The molecule has 2 heterocycles. The van der Waals surface area contributed by atoms with Crippen LogP contribution < -0.4 is 4.90 Å². The number of piperidine rings is 1. The van der Waals surface area contributed by atoms with E-state index in [9.17, 15) is 4.79 Å². The van der Waals surface area contributed by atoms with Crippen molar-refractivity contribution < 1.29 is 14.6 Å². The van der Waals surface area contributed by atoms with Crippen LogP contribution in [-0.4, -0.2) is 47.8 Å². The fourth-order valence-corrected chi connectivity index (χ4v) is 2.18. The Morgan fingerprint density at radius 3 is 2.83 bits per heavy atom. The van der Waals surface area contributed by atoms with Crippen LogP contribution in [0.1, 0.15) is 23.3 Å². The summed E-state index contributed by atoms with van der Waals surface area (Å²) in [4.78, 5) is 20.9. The molecule has 98 valence electrons. The number of nitrogens with zero attached hydrogens (tertiary/aromatic N) is 3. The van der Waals surface area contributed by atoms with Crippen molar-refractivity contribution in [3.05, 3.63) is 18.1 Å². The Balaban J connectivity index is 2.01. The van der Waals surface area contributed by atoms with E-state index in [2.05, 4.69) is 14.9 Å². The molecule has 0 unspecified atom stereocenters. The van der Waals surface area contributed by atoms with E-state index in [-0.39, 0.29) is 5.69 Å². The molecule has 0 aliphatic carbocycles. The number of methoxy groups -OCH3 is 1. The van der Waals surface area contributed by atoms with Crippen molar-refractivity contribution in [2.24, 2.45) is 5.92 Å². The van der Waals surface area contributed by atoms with Gasteiger partial charge in [-0.1, -0.05) is 0 Å². The average Bonchev–Trinajstić information content (AvgIpc) is 2.40. The molecule has 0 atom stereocenters. The zero-order valence-corrected chi connectivity index (χ0v) is 10.4. The van der Waals surface area contributed by atoms with Gasteiger partial charge < -0.3 is 14.7 Å². The third kappa shape index (κ3) is 2.95. The number of rotatable bonds is 4. The van der Waals surface area contributed by atoms with Gasteiger partial charge >= 0.3 is 5.97 Å². The zero-order valence-electron chi connectivity index (χ0n) is 10.4. The van der Waals surface area contributed by atoms with Crippen LogP contribution in [0.3, 0.4) is 0 Å². The molecule has 1 aromatic rings. The maximum atomic E-state index is 10.8. The summed E-state index contributed by atoms with van der Waals surface area (Å²) in [6, 6.07) is 0. The third-order valence-electron chi connectivity index (χ3n) is 3.18. The summed E-state index contributed by atoms with van der Waals surface area (Å²) < 4.78 is 5.15. The maximum absolute atomic E-state index is 10.8. The summed E-state index contributed by atoms with van der Waals surface area (Å²) in [5.74, 6) is 0.186. The molecule has 1 saturated heterocycles. The van der Waals surface area contributed by atoms with Gasteiger partial charge in [-0.2, -0.15) is 0 Å². The second kappa shape index (κ2) is 5.77. The van der Waals surface area contributed by atoms with Crippen molar-refractivity contribution in [3.8, 4) is 0 Å². The smallest absolute Gasteiger partial charge is 0.356 e. The minimum absolute atomic E-state index is 0.00786. The first kappa shape index (κ1) is 12.8. The van der Waals surface area contributed by atoms with Crippen molar-refractivity contribution in [1.82, 2.24) is 9.97 Å². The molecule has 0 bridgehead atoms. The lowest BCUT2D eigenvalue weighted by atomic mass is 9.98. The SMILES string of the molecule is COCC1CCN(c2cncc(C(=O)O)n2)CC1. The molecule has 18 heavy (non-hydrogen) atoms. The van der Waals surface area contributed by atoms with Crippen LogP contribution in [0.15, 0.2) is 12.4 Å². The van der Waals surface area contributed by atoms with Gasteiger partial charge in [0.1, 0.15) is 5.82 Å². The lowest BCUT2D eigenvalue weighted by molar-refractivity contribution is 0.0690. The van der Waals surface area contributed by atoms with E-state index in [0.717, 1.165) is 32.5 Å². The van der Waals surface area contributed by atoms with Crippen molar-refractivity contribution >= 4 is 11.8 Å². The zero-order chi connectivity index (χ0) is 13.0. The average molecular weight is 251 g/mol. The third-order valence-corrected chi connectivity index (χ3v) is 3.18. The van der Waals surface area contributed by atoms with Crippen molar-refractivity contribution in [3.63, 3.8) is 0 Å². The molecule has 0 spiro atoms. The van der Waals surface area contributed by atoms with Crippen LogP contribution in [0, 0.1) is 5.92 Å². The highest BCUT2D eigenvalue weighted by atomic mass is 16.5. The Morgan fingerprint density at radius 1 is 1.50 bits per heavy atom. The topological polar surface area (TPSA) is 75.5 Å². The Kier molecular flexibility index (Phi) is 4.09. The number of carboxylic acids is 1. The van der Waals surface area contributed by atoms with Gasteiger partial charge in [-0.15, -0.1) is 0 Å². The molecule has 2 rings (SSSR count). The second-order valence-corrected chi connectivity index (χ2v) is 4.45. The monoisotopic (exact) mass is 251 g/mol. The first-order chi connectivity index (χ1) is 8.70. The number of aromatic nitrogens is 2. The number of aromatic carboxylic acids is 1. The van der Waals surface area contributed by atoms with E-state index in [4.69, 9.17) is 9.84 Å². The molecule has 0 aromatic carbocycles. The van der Waals surface area contributed by atoms with Gasteiger partial charge in [0, 0.05) is 26.8 Å². The summed E-state index contributed by atoms with van der Waals surface area (Å²) in [6.07, 6.45) is 4.95. The Morgan fingerprint density at radius 2 is 2.22 bits per heavy atom. The number of anilines is 1. The maximum Gasteiger partial charge on any atom is 0.356 e. The predicted octanol–water partition coefficient (Wildman–Crippen LogP) is 1.04. The quantitative estimate of drug-likeness (QED) is 0.861. The molecule has 0 saturated carbocycles. The summed E-state index contributed by atoms with van der Waals surface area (Å²) in [5.41, 5.74) is -0.00786. The van der Waals surface area contributed by atoms with Crippen LogP contribution in [0.2, 0.25) is 0 Å². The lowest BCUT2D eigenvalue weighted by Crippen LogP contribution is -2.35. The van der Waals surface area contributed by atoms with Crippen LogP contribution in [0.4, 0.5) is 5.82 Å². The van der Waals surface area contributed by atoms with E-state index in [1.807, 2.05) is 0 Å². The van der Waals surface area contributed by atoms with Gasteiger partial charge in [-0.3, -0.25) is 4.98 Å². The molecular weight excluding hydrogens is 234 g/mol. The van der Waals surface area contributed by atoms with Crippen LogP contribution in [-0.2, 0) is 4.74 Å². The van der Waals surface area contributed by atoms with Gasteiger partial charge in [-0.25, -0.2) is 9.78 Å². The standard InChI is InChI=1S/C12H17N3O3/c1-18-8-9-2-4-15(5-3-9)11-7-13-6-10(14-11)12(16)17/h6-7,9H,2-5,8H2,1H3,(H,16,17). The highest BCUT2D eigenvalue weighted by Gasteiger charge is 2.20. The van der Waals surface area contributed by atoms with E-state index in [1.165, 1.54) is 6.20 Å². The molecular formula is C12H17N3O3. The molecule has 1 N–H and O–H groups in total. The minimum atomic E-state index is -1.04. The molecule has 1 fully saturated rings. The van der Waals surface area contributed by atoms with Crippen LogP contribution in [0.5, 0.6) is 0 Å². The molecule has 1 aromatic heterocycles. The Bertz CT molecular complexity index is 417. The van der Waals surface area contributed by atoms with E-state index >= 15 is 0 Å². The van der Waals surface area contributed by atoms with E-state index < -0.39 is 5.97 Å². The summed E-state index contributed by atoms with van der Waals surface area (Å²) >= 11 is 0. The fraction of sp³-hybridized carbons (Fsp3) is 0.583. The molecule has 1 aliphatic heterocycles. The van der Waals surface area contributed by atoms with Gasteiger partial charge in [0.25, 0.3) is 0 Å². The van der Waals surface area contributed by atoms with E-state index in [1.54, 1.807) is 13.3 Å². The number of carboxylic acid groups (broad SMARTS) is 1. The second-order valence-electron chi connectivity index (χ2n) is 4.45. The van der Waals surface area contributed by atoms with Crippen LogP contribution in [0.25, 0.3) is 0 Å². The Hall–Kier alpha value is -1.69. The van der Waals surface area contributed by atoms with Gasteiger partial charge in [0.05, 0.1) is 12.4 Å². The summed E-state index contributed by atoms with van der Waals surface area (Å²) in [6.45, 7) is 2.52.